The fraction of sp³-hybridized carbons (Fsp3) is 0.211. The molecule has 3 aromatic heterocycles. The number of fused-ring (bicyclic) bond motifs is 2. The summed E-state index contributed by atoms with van der Waals surface area (Å²) >= 11 is 2.84. The van der Waals surface area contributed by atoms with Gasteiger partial charge in [0.25, 0.3) is 5.56 Å². The maximum Gasteiger partial charge on any atom is 0.336 e. The molecule has 0 spiro atoms. The van der Waals surface area contributed by atoms with E-state index in [0.29, 0.717) is 26.7 Å². The molecule has 0 fully saturated rings. The van der Waals surface area contributed by atoms with Gasteiger partial charge in [0.15, 0.2) is 5.16 Å². The van der Waals surface area contributed by atoms with Gasteiger partial charge >= 0.3 is 5.63 Å². The van der Waals surface area contributed by atoms with Crippen molar-refractivity contribution < 1.29 is 4.42 Å². The van der Waals surface area contributed by atoms with Gasteiger partial charge < -0.3 is 4.42 Å². The van der Waals surface area contributed by atoms with Crippen molar-refractivity contribution in [2.45, 2.75) is 24.3 Å². The van der Waals surface area contributed by atoms with Crippen LogP contribution in [-0.4, -0.2) is 9.55 Å². The van der Waals surface area contributed by atoms with Crippen LogP contribution in [0.4, 0.5) is 0 Å². The summed E-state index contributed by atoms with van der Waals surface area (Å²) in [5, 5.41) is 3.41. The zero-order chi connectivity index (χ0) is 18.3. The van der Waals surface area contributed by atoms with E-state index < -0.39 is 0 Å². The molecule has 0 saturated heterocycles. The minimum Gasteiger partial charge on any atom is -0.423 e. The van der Waals surface area contributed by atoms with Gasteiger partial charge in [-0.25, -0.2) is 9.78 Å². The second-order valence-corrected chi connectivity index (χ2v) is 7.82. The van der Waals surface area contributed by atoms with Gasteiger partial charge in [-0.1, -0.05) is 30.8 Å². The second kappa shape index (κ2) is 6.74. The number of hydrogen-bond acceptors (Lipinski definition) is 6. The molecule has 5 nitrogen and oxygen atoms in total. The predicted octanol–water partition coefficient (Wildman–Crippen LogP) is 3.96. The fourth-order valence-electron chi connectivity index (χ4n) is 2.85. The molecule has 0 radical (unpaired) electrons. The summed E-state index contributed by atoms with van der Waals surface area (Å²) in [6, 6.07) is 9.31. The summed E-state index contributed by atoms with van der Waals surface area (Å²) in [5.41, 5.74) is 2.91. The molecule has 0 unspecified atom stereocenters. The Bertz CT molecular complexity index is 1240. The number of hydrogen-bond donors (Lipinski definition) is 0. The van der Waals surface area contributed by atoms with E-state index in [4.69, 9.17) is 4.42 Å². The molecular weight excluding hydrogens is 368 g/mol. The molecule has 4 aromatic rings. The summed E-state index contributed by atoms with van der Waals surface area (Å²) in [4.78, 5) is 28.9. The van der Waals surface area contributed by atoms with E-state index in [1.165, 1.54) is 29.2 Å². The number of nitrogens with zero attached hydrogens (tertiary/aromatic N) is 2. The molecule has 3 heterocycles. The van der Waals surface area contributed by atoms with Crippen molar-refractivity contribution in [3.05, 3.63) is 67.6 Å². The van der Waals surface area contributed by atoms with Crippen LogP contribution >= 0.6 is 23.1 Å². The number of thiophene rings is 1. The average molecular weight is 384 g/mol. The molecule has 0 atom stereocenters. The largest absolute Gasteiger partial charge is 0.423 e. The number of aromatic nitrogens is 2. The molecule has 1 aromatic carbocycles. The Balaban J connectivity index is 1.73. The Morgan fingerprint density at radius 3 is 2.88 bits per heavy atom. The molecule has 26 heavy (non-hydrogen) atoms. The van der Waals surface area contributed by atoms with E-state index >= 15 is 0 Å². The molecule has 0 saturated carbocycles. The molecule has 4 rings (SSSR count). The molecule has 0 aliphatic carbocycles. The normalized spacial score (nSPS) is 11.5. The standard InChI is InChI=1S/C19H16N2O3S2/c1-3-11-4-5-13-12(9-16(22)24-15(13)8-11)10-26-19-20-14-6-7-25-17(14)18(23)21(19)2/h4-9H,3,10H2,1-2H3. The first-order valence-electron chi connectivity index (χ1n) is 8.19. The molecule has 0 aliphatic rings. The summed E-state index contributed by atoms with van der Waals surface area (Å²) in [7, 11) is 1.72. The Labute approximate surface area is 157 Å². The summed E-state index contributed by atoms with van der Waals surface area (Å²) in [5.74, 6) is 0.531. The first kappa shape index (κ1) is 17.1. The van der Waals surface area contributed by atoms with Crippen LogP contribution in [0.25, 0.3) is 21.2 Å². The van der Waals surface area contributed by atoms with E-state index in [1.54, 1.807) is 11.6 Å². The van der Waals surface area contributed by atoms with Crippen LogP contribution in [0.15, 0.2) is 54.9 Å². The number of rotatable bonds is 4. The van der Waals surface area contributed by atoms with Crippen LogP contribution in [0.2, 0.25) is 0 Å². The lowest BCUT2D eigenvalue weighted by Crippen LogP contribution is -2.18. The van der Waals surface area contributed by atoms with Crippen molar-refractivity contribution >= 4 is 44.3 Å². The molecule has 0 amide bonds. The van der Waals surface area contributed by atoms with Crippen LogP contribution in [0.5, 0.6) is 0 Å². The summed E-state index contributed by atoms with van der Waals surface area (Å²) < 4.78 is 7.58. The Morgan fingerprint density at radius 1 is 1.23 bits per heavy atom. The molecule has 0 bridgehead atoms. The highest BCUT2D eigenvalue weighted by atomic mass is 32.2. The number of thioether (sulfide) groups is 1. The van der Waals surface area contributed by atoms with Crippen LogP contribution in [-0.2, 0) is 19.2 Å². The first-order chi connectivity index (χ1) is 12.6. The van der Waals surface area contributed by atoms with Gasteiger partial charge in [-0.15, -0.1) is 11.3 Å². The van der Waals surface area contributed by atoms with E-state index in [-0.39, 0.29) is 11.2 Å². The maximum atomic E-state index is 12.4. The highest BCUT2D eigenvalue weighted by Gasteiger charge is 2.12. The quantitative estimate of drug-likeness (QED) is 0.303. The molecular formula is C19H16N2O3S2. The van der Waals surface area contributed by atoms with Gasteiger partial charge in [-0.05, 0) is 35.1 Å². The lowest BCUT2D eigenvalue weighted by Gasteiger charge is -2.09. The SMILES string of the molecule is CCc1ccc2c(CSc3nc4ccsc4c(=O)n3C)cc(=O)oc2c1. The van der Waals surface area contributed by atoms with E-state index in [9.17, 15) is 9.59 Å². The summed E-state index contributed by atoms with van der Waals surface area (Å²) in [6.07, 6.45) is 0.880. The zero-order valence-electron chi connectivity index (χ0n) is 14.3. The van der Waals surface area contributed by atoms with Crippen molar-refractivity contribution in [3.63, 3.8) is 0 Å². The third-order valence-corrected chi connectivity index (χ3v) is 6.28. The highest BCUT2D eigenvalue weighted by molar-refractivity contribution is 7.98. The van der Waals surface area contributed by atoms with Gasteiger partial charge in [0.05, 0.1) is 5.52 Å². The first-order valence-corrected chi connectivity index (χ1v) is 10.1. The fourth-order valence-corrected chi connectivity index (χ4v) is 4.62. The Hall–Kier alpha value is -2.38. The van der Waals surface area contributed by atoms with Crippen LogP contribution in [0.3, 0.4) is 0 Å². The summed E-state index contributed by atoms with van der Waals surface area (Å²) in [6.45, 7) is 2.06. The third-order valence-electron chi connectivity index (χ3n) is 4.31. The van der Waals surface area contributed by atoms with Crippen LogP contribution in [0.1, 0.15) is 18.1 Å². The monoisotopic (exact) mass is 384 g/mol. The second-order valence-electron chi connectivity index (χ2n) is 5.96. The third kappa shape index (κ3) is 2.97. The van der Waals surface area contributed by atoms with E-state index in [0.717, 1.165) is 22.9 Å². The Kier molecular flexibility index (Phi) is 4.42. The number of aryl methyl sites for hydroxylation is 1. The van der Waals surface area contributed by atoms with Gasteiger partial charge in [0, 0.05) is 24.3 Å². The Morgan fingerprint density at radius 2 is 2.08 bits per heavy atom. The molecule has 132 valence electrons. The van der Waals surface area contributed by atoms with Crippen molar-refractivity contribution in [2.24, 2.45) is 7.05 Å². The molecule has 0 N–H and O–H groups in total. The van der Waals surface area contributed by atoms with Crippen molar-refractivity contribution in [3.8, 4) is 0 Å². The average Bonchev–Trinajstić information content (AvgIpc) is 3.11. The lowest BCUT2D eigenvalue weighted by molar-refractivity contribution is 0.559. The predicted molar refractivity (Wildman–Crippen MR) is 106 cm³/mol. The lowest BCUT2D eigenvalue weighted by atomic mass is 10.1. The minimum atomic E-state index is -0.364. The number of benzene rings is 1. The van der Waals surface area contributed by atoms with Gasteiger partial charge in [0.1, 0.15) is 10.3 Å². The van der Waals surface area contributed by atoms with Gasteiger partial charge in [0.2, 0.25) is 0 Å². The van der Waals surface area contributed by atoms with Gasteiger partial charge in [-0.3, -0.25) is 9.36 Å². The minimum absolute atomic E-state index is 0.0440. The maximum absolute atomic E-state index is 12.4. The molecule has 7 heteroatoms. The van der Waals surface area contributed by atoms with Crippen molar-refractivity contribution in [1.29, 1.82) is 0 Å². The van der Waals surface area contributed by atoms with Crippen molar-refractivity contribution in [2.75, 3.05) is 0 Å². The van der Waals surface area contributed by atoms with Gasteiger partial charge in [-0.2, -0.15) is 0 Å². The van der Waals surface area contributed by atoms with Crippen molar-refractivity contribution in [1.82, 2.24) is 9.55 Å². The highest BCUT2D eigenvalue weighted by Crippen LogP contribution is 2.27. The topological polar surface area (TPSA) is 65.1 Å². The van der Waals surface area contributed by atoms with Crippen LogP contribution < -0.4 is 11.2 Å². The smallest absolute Gasteiger partial charge is 0.336 e. The van der Waals surface area contributed by atoms with Crippen LogP contribution in [0, 0.1) is 0 Å². The van der Waals surface area contributed by atoms with E-state index in [2.05, 4.69) is 11.9 Å². The van der Waals surface area contributed by atoms with E-state index in [1.807, 2.05) is 29.6 Å². The zero-order valence-corrected chi connectivity index (χ0v) is 15.9. The molecule has 0 aliphatic heterocycles.